The number of benzene rings is 1. The van der Waals surface area contributed by atoms with Gasteiger partial charge in [-0.1, -0.05) is 30.3 Å². The monoisotopic (exact) mass is 368 g/mol. The first kappa shape index (κ1) is 19.0. The zero-order chi connectivity index (χ0) is 18.6. The van der Waals surface area contributed by atoms with Crippen molar-refractivity contribution >= 4 is 6.09 Å². The summed E-state index contributed by atoms with van der Waals surface area (Å²) >= 11 is 0. The number of alkyl halides is 2. The average Bonchev–Trinajstić information content (AvgIpc) is 2.64. The Balaban J connectivity index is 1.39. The van der Waals surface area contributed by atoms with Crippen LogP contribution < -0.4 is 0 Å². The molecule has 2 aliphatic heterocycles. The number of aliphatic hydroxyl groups is 1. The number of halogens is 2. The van der Waals surface area contributed by atoms with Crippen LogP contribution in [0.5, 0.6) is 0 Å². The third-order valence-corrected chi connectivity index (χ3v) is 5.23. The van der Waals surface area contributed by atoms with Gasteiger partial charge in [-0.2, -0.15) is 0 Å². The van der Waals surface area contributed by atoms with E-state index >= 15 is 0 Å². The summed E-state index contributed by atoms with van der Waals surface area (Å²) in [7, 11) is 0. The number of carbonyl (C=O) groups excluding carboxylic acids is 1. The van der Waals surface area contributed by atoms with E-state index in [9.17, 15) is 18.7 Å². The van der Waals surface area contributed by atoms with E-state index in [0.29, 0.717) is 32.1 Å². The van der Waals surface area contributed by atoms with Gasteiger partial charge in [-0.15, -0.1) is 0 Å². The lowest BCUT2D eigenvalue weighted by molar-refractivity contribution is -0.151. The van der Waals surface area contributed by atoms with Gasteiger partial charge in [0, 0.05) is 26.2 Å². The van der Waals surface area contributed by atoms with Crippen molar-refractivity contribution in [3.05, 3.63) is 35.9 Å². The Hall–Kier alpha value is -1.73. The largest absolute Gasteiger partial charge is 0.445 e. The summed E-state index contributed by atoms with van der Waals surface area (Å²) in [5.74, 6) is -2.74. The van der Waals surface area contributed by atoms with Gasteiger partial charge in [0.1, 0.15) is 12.7 Å². The molecule has 0 bridgehead atoms. The predicted molar refractivity (Wildman–Crippen MR) is 92.9 cm³/mol. The molecule has 2 fully saturated rings. The first-order valence-electron chi connectivity index (χ1n) is 9.18. The molecule has 0 aliphatic carbocycles. The lowest BCUT2D eigenvalue weighted by Crippen LogP contribution is -2.53. The van der Waals surface area contributed by atoms with E-state index in [2.05, 4.69) is 0 Å². The third kappa shape index (κ3) is 4.92. The summed E-state index contributed by atoms with van der Waals surface area (Å²) in [5, 5.41) is 9.35. The molecule has 26 heavy (non-hydrogen) atoms. The van der Waals surface area contributed by atoms with E-state index < -0.39 is 12.0 Å². The molecule has 1 atom stereocenters. The van der Waals surface area contributed by atoms with Crippen LogP contribution in [0.3, 0.4) is 0 Å². The molecule has 2 saturated heterocycles. The van der Waals surface area contributed by atoms with Crippen LogP contribution in [0.1, 0.15) is 24.8 Å². The molecule has 1 aromatic rings. The minimum Gasteiger partial charge on any atom is -0.445 e. The molecule has 2 aliphatic rings. The van der Waals surface area contributed by atoms with E-state index in [4.69, 9.17) is 4.74 Å². The third-order valence-electron chi connectivity index (χ3n) is 5.23. The van der Waals surface area contributed by atoms with Crippen LogP contribution in [0.15, 0.2) is 30.3 Å². The number of likely N-dealkylation sites (tertiary alicyclic amines) is 2. The zero-order valence-corrected chi connectivity index (χ0v) is 14.8. The van der Waals surface area contributed by atoms with Gasteiger partial charge in [-0.05, 0) is 30.7 Å². The second kappa shape index (κ2) is 8.31. The highest BCUT2D eigenvalue weighted by Gasteiger charge is 2.43. The minimum absolute atomic E-state index is 0.109. The molecule has 1 aromatic carbocycles. The normalized spacial score (nSPS) is 24.4. The zero-order valence-electron chi connectivity index (χ0n) is 14.8. The molecule has 0 aromatic heterocycles. The van der Waals surface area contributed by atoms with E-state index in [-0.39, 0.29) is 25.7 Å². The quantitative estimate of drug-likeness (QED) is 0.888. The maximum Gasteiger partial charge on any atom is 0.410 e. The number of carbonyl (C=O) groups is 1. The maximum absolute atomic E-state index is 13.6. The topological polar surface area (TPSA) is 53.0 Å². The van der Waals surface area contributed by atoms with Crippen molar-refractivity contribution in [2.75, 3.05) is 32.7 Å². The van der Waals surface area contributed by atoms with Crippen LogP contribution >= 0.6 is 0 Å². The highest BCUT2D eigenvalue weighted by atomic mass is 19.3. The van der Waals surface area contributed by atoms with Gasteiger partial charge in [0.25, 0.3) is 5.92 Å². The second-order valence-electron chi connectivity index (χ2n) is 7.27. The van der Waals surface area contributed by atoms with Gasteiger partial charge in [0.05, 0.1) is 6.54 Å². The molecule has 1 amide bonds. The molecule has 144 valence electrons. The summed E-state index contributed by atoms with van der Waals surface area (Å²) in [5.41, 5.74) is 0.948. The van der Waals surface area contributed by atoms with Gasteiger partial charge >= 0.3 is 6.09 Å². The van der Waals surface area contributed by atoms with Crippen LogP contribution in [-0.2, 0) is 11.3 Å². The fourth-order valence-electron chi connectivity index (χ4n) is 3.63. The lowest BCUT2D eigenvalue weighted by Gasteiger charge is -2.39. The Bertz CT molecular complexity index is 592. The van der Waals surface area contributed by atoms with Crippen molar-refractivity contribution in [3.8, 4) is 0 Å². The SMILES string of the molecule is O=C(OCc1ccccc1)N1CCC(CN2CCC(O)C(F)(F)C2)CC1. The van der Waals surface area contributed by atoms with Crippen molar-refractivity contribution in [3.63, 3.8) is 0 Å². The predicted octanol–water partition coefficient (Wildman–Crippen LogP) is 2.74. The Labute approximate surface area is 152 Å². The number of nitrogens with zero attached hydrogens (tertiary/aromatic N) is 2. The summed E-state index contributed by atoms with van der Waals surface area (Å²) < 4.78 is 32.6. The van der Waals surface area contributed by atoms with Crippen molar-refractivity contribution in [1.29, 1.82) is 0 Å². The number of rotatable bonds is 4. The van der Waals surface area contributed by atoms with Crippen LogP contribution in [-0.4, -0.2) is 65.7 Å². The fourth-order valence-corrected chi connectivity index (χ4v) is 3.63. The van der Waals surface area contributed by atoms with Gasteiger partial charge in [-0.3, -0.25) is 4.90 Å². The van der Waals surface area contributed by atoms with Gasteiger partial charge < -0.3 is 14.7 Å². The van der Waals surface area contributed by atoms with Gasteiger partial charge in [-0.25, -0.2) is 13.6 Å². The number of hydrogen-bond acceptors (Lipinski definition) is 4. The first-order chi connectivity index (χ1) is 12.4. The van der Waals surface area contributed by atoms with Crippen molar-refractivity contribution in [1.82, 2.24) is 9.80 Å². The molecule has 7 heteroatoms. The van der Waals surface area contributed by atoms with Crippen molar-refractivity contribution in [2.45, 2.75) is 37.9 Å². The molecule has 0 radical (unpaired) electrons. The van der Waals surface area contributed by atoms with E-state index in [1.165, 1.54) is 0 Å². The highest BCUT2D eigenvalue weighted by molar-refractivity contribution is 5.67. The van der Waals surface area contributed by atoms with Gasteiger partial charge in [0.15, 0.2) is 0 Å². The summed E-state index contributed by atoms with van der Waals surface area (Å²) in [6, 6.07) is 9.53. The Morgan fingerprint density at radius 3 is 2.50 bits per heavy atom. The number of ether oxygens (including phenoxy) is 1. The molecule has 1 N–H and O–H groups in total. The number of piperidine rings is 2. The smallest absolute Gasteiger partial charge is 0.410 e. The van der Waals surface area contributed by atoms with E-state index in [1.807, 2.05) is 30.3 Å². The van der Waals surface area contributed by atoms with Crippen LogP contribution in [0.2, 0.25) is 0 Å². The Morgan fingerprint density at radius 1 is 1.15 bits per heavy atom. The lowest BCUT2D eigenvalue weighted by atomic mass is 9.94. The molecular formula is C19H26F2N2O3. The molecule has 5 nitrogen and oxygen atoms in total. The standard InChI is InChI=1S/C19H26F2N2O3/c20-19(21)14-22(9-8-17(19)24)12-15-6-10-23(11-7-15)18(25)26-13-16-4-2-1-3-5-16/h1-5,15,17,24H,6-14H2. The fraction of sp³-hybridized carbons (Fsp3) is 0.632. The van der Waals surface area contributed by atoms with Crippen LogP contribution in [0.25, 0.3) is 0 Å². The van der Waals surface area contributed by atoms with Crippen LogP contribution in [0, 0.1) is 5.92 Å². The number of amides is 1. The number of aliphatic hydroxyl groups excluding tert-OH is 1. The van der Waals surface area contributed by atoms with Gasteiger partial charge in [0.2, 0.25) is 0 Å². The molecular weight excluding hydrogens is 342 g/mol. The summed E-state index contributed by atoms with van der Waals surface area (Å²) in [4.78, 5) is 15.6. The average molecular weight is 368 g/mol. The summed E-state index contributed by atoms with van der Waals surface area (Å²) in [6.45, 7) is 2.14. The molecule has 0 saturated carbocycles. The highest BCUT2D eigenvalue weighted by Crippen LogP contribution is 2.29. The molecule has 3 rings (SSSR count). The molecule has 1 unspecified atom stereocenters. The number of hydrogen-bond donors (Lipinski definition) is 1. The van der Waals surface area contributed by atoms with Crippen molar-refractivity contribution < 1.29 is 23.4 Å². The maximum atomic E-state index is 13.6. The Morgan fingerprint density at radius 2 is 1.85 bits per heavy atom. The van der Waals surface area contributed by atoms with Crippen LogP contribution in [0.4, 0.5) is 13.6 Å². The minimum atomic E-state index is -3.03. The van der Waals surface area contributed by atoms with E-state index in [0.717, 1.165) is 18.4 Å². The van der Waals surface area contributed by atoms with E-state index in [1.54, 1.807) is 9.80 Å². The molecule has 0 spiro atoms. The summed E-state index contributed by atoms with van der Waals surface area (Å²) in [6.07, 6.45) is -0.173. The first-order valence-corrected chi connectivity index (χ1v) is 9.18. The molecule has 2 heterocycles. The van der Waals surface area contributed by atoms with Crippen molar-refractivity contribution in [2.24, 2.45) is 5.92 Å². The second-order valence-corrected chi connectivity index (χ2v) is 7.27. The Kier molecular flexibility index (Phi) is 6.09.